The lowest BCUT2D eigenvalue weighted by atomic mass is 10.1. The summed E-state index contributed by atoms with van der Waals surface area (Å²) in [6.45, 7) is 0.266. The highest BCUT2D eigenvalue weighted by Gasteiger charge is 2.33. The van der Waals surface area contributed by atoms with Crippen molar-refractivity contribution in [2.45, 2.75) is 0 Å². The van der Waals surface area contributed by atoms with Crippen molar-refractivity contribution in [1.29, 1.82) is 0 Å². The first-order valence-corrected chi connectivity index (χ1v) is 10.6. The molecule has 1 aliphatic rings. The molecule has 1 aliphatic heterocycles. The number of halogens is 1. The maximum absolute atomic E-state index is 13.2. The van der Waals surface area contributed by atoms with Crippen LogP contribution in [0.2, 0.25) is 5.02 Å². The summed E-state index contributed by atoms with van der Waals surface area (Å²) in [5.41, 5.74) is 0.964. The highest BCUT2D eigenvalue weighted by atomic mass is 35.5. The molecule has 1 fully saturated rings. The van der Waals surface area contributed by atoms with Crippen LogP contribution in [0.5, 0.6) is 11.5 Å². The lowest BCUT2D eigenvalue weighted by Gasteiger charge is -2.25. The number of carbonyl (C=O) groups is 3. The van der Waals surface area contributed by atoms with Crippen molar-refractivity contribution in [3.05, 3.63) is 53.1 Å². The molecule has 10 heteroatoms. The summed E-state index contributed by atoms with van der Waals surface area (Å²) >= 11 is 5.92. The SMILES string of the molecule is COCCN(CC(=O)N1CC(=O)N(c2ccc(Cl)cc2)C1)C(=O)c1cc(OC)cc(OC)c1. The summed E-state index contributed by atoms with van der Waals surface area (Å²) in [4.78, 5) is 43.0. The number of nitrogens with zero attached hydrogens (tertiary/aromatic N) is 3. The van der Waals surface area contributed by atoms with E-state index in [0.717, 1.165) is 0 Å². The van der Waals surface area contributed by atoms with E-state index < -0.39 is 0 Å². The quantitative estimate of drug-likeness (QED) is 0.553. The molecule has 176 valence electrons. The van der Waals surface area contributed by atoms with Gasteiger partial charge in [-0.25, -0.2) is 0 Å². The molecule has 0 spiro atoms. The fraction of sp³-hybridized carbons (Fsp3) is 0.348. The minimum Gasteiger partial charge on any atom is -0.497 e. The van der Waals surface area contributed by atoms with E-state index in [9.17, 15) is 14.4 Å². The van der Waals surface area contributed by atoms with Crippen LogP contribution in [0.25, 0.3) is 0 Å². The van der Waals surface area contributed by atoms with Gasteiger partial charge in [-0.05, 0) is 36.4 Å². The zero-order chi connectivity index (χ0) is 24.0. The third kappa shape index (κ3) is 5.94. The summed E-state index contributed by atoms with van der Waals surface area (Å²) in [5.74, 6) is -0.0197. The zero-order valence-electron chi connectivity index (χ0n) is 18.7. The third-order valence-corrected chi connectivity index (χ3v) is 5.46. The average molecular weight is 476 g/mol. The summed E-state index contributed by atoms with van der Waals surface area (Å²) in [6.07, 6.45) is 0. The van der Waals surface area contributed by atoms with Gasteiger partial charge < -0.3 is 24.0 Å². The number of hydrogen-bond donors (Lipinski definition) is 0. The smallest absolute Gasteiger partial charge is 0.254 e. The highest BCUT2D eigenvalue weighted by molar-refractivity contribution is 6.30. The zero-order valence-corrected chi connectivity index (χ0v) is 19.5. The minimum atomic E-state index is -0.377. The van der Waals surface area contributed by atoms with Crippen LogP contribution in [0.4, 0.5) is 5.69 Å². The number of benzene rings is 2. The van der Waals surface area contributed by atoms with Crippen LogP contribution in [0, 0.1) is 0 Å². The maximum atomic E-state index is 13.2. The Morgan fingerprint density at radius 2 is 1.67 bits per heavy atom. The van der Waals surface area contributed by atoms with E-state index in [0.29, 0.717) is 27.8 Å². The van der Waals surface area contributed by atoms with E-state index in [1.165, 1.54) is 36.0 Å². The molecule has 1 heterocycles. The van der Waals surface area contributed by atoms with Crippen LogP contribution in [0.15, 0.2) is 42.5 Å². The number of hydrogen-bond acceptors (Lipinski definition) is 6. The first-order valence-electron chi connectivity index (χ1n) is 10.2. The van der Waals surface area contributed by atoms with Crippen molar-refractivity contribution in [3.63, 3.8) is 0 Å². The van der Waals surface area contributed by atoms with Crippen LogP contribution in [-0.4, -0.2) is 81.8 Å². The van der Waals surface area contributed by atoms with Gasteiger partial charge in [-0.15, -0.1) is 0 Å². The van der Waals surface area contributed by atoms with Crippen molar-refractivity contribution >= 4 is 35.0 Å². The van der Waals surface area contributed by atoms with Gasteiger partial charge in [-0.1, -0.05) is 11.6 Å². The first kappa shape index (κ1) is 24.3. The van der Waals surface area contributed by atoms with Gasteiger partial charge in [0.2, 0.25) is 11.8 Å². The number of rotatable bonds is 9. The van der Waals surface area contributed by atoms with Gasteiger partial charge in [0, 0.05) is 36.0 Å². The predicted molar refractivity (Wildman–Crippen MR) is 123 cm³/mol. The largest absolute Gasteiger partial charge is 0.497 e. The Labute approximate surface area is 197 Å². The molecule has 0 N–H and O–H groups in total. The van der Waals surface area contributed by atoms with Crippen LogP contribution < -0.4 is 14.4 Å². The number of anilines is 1. The van der Waals surface area contributed by atoms with Crippen molar-refractivity contribution in [1.82, 2.24) is 9.80 Å². The number of methoxy groups -OCH3 is 3. The van der Waals surface area contributed by atoms with Crippen LogP contribution in [0.1, 0.15) is 10.4 Å². The summed E-state index contributed by atoms with van der Waals surface area (Å²) < 4.78 is 15.6. The molecule has 0 aliphatic carbocycles. The van der Waals surface area contributed by atoms with Crippen molar-refractivity contribution in [2.24, 2.45) is 0 Å². The lowest BCUT2D eigenvalue weighted by molar-refractivity contribution is -0.132. The van der Waals surface area contributed by atoms with Crippen LogP contribution >= 0.6 is 11.6 Å². The van der Waals surface area contributed by atoms with Crippen LogP contribution in [0.3, 0.4) is 0 Å². The Hall–Kier alpha value is -3.30. The minimum absolute atomic E-state index is 0.0687. The Morgan fingerprint density at radius 1 is 1.03 bits per heavy atom. The normalized spacial score (nSPS) is 13.3. The molecular weight excluding hydrogens is 450 g/mol. The highest BCUT2D eigenvalue weighted by Crippen LogP contribution is 2.24. The molecule has 0 saturated carbocycles. The van der Waals surface area contributed by atoms with Crippen molar-refractivity contribution in [2.75, 3.05) is 59.1 Å². The van der Waals surface area contributed by atoms with Gasteiger partial charge in [-0.2, -0.15) is 0 Å². The number of amides is 3. The second kappa shape index (κ2) is 11.0. The fourth-order valence-corrected chi connectivity index (χ4v) is 3.52. The summed E-state index contributed by atoms with van der Waals surface area (Å²) in [6, 6.07) is 11.6. The second-order valence-corrected chi connectivity index (χ2v) is 7.79. The van der Waals surface area contributed by atoms with E-state index in [1.54, 1.807) is 42.5 Å². The molecule has 0 unspecified atom stereocenters. The molecule has 2 aromatic rings. The fourth-order valence-electron chi connectivity index (χ4n) is 3.39. The molecule has 0 aromatic heterocycles. The molecule has 9 nitrogen and oxygen atoms in total. The molecule has 33 heavy (non-hydrogen) atoms. The predicted octanol–water partition coefficient (Wildman–Crippen LogP) is 2.28. The molecule has 0 atom stereocenters. The van der Waals surface area contributed by atoms with Crippen molar-refractivity contribution in [3.8, 4) is 11.5 Å². The van der Waals surface area contributed by atoms with Gasteiger partial charge in [0.1, 0.15) is 31.3 Å². The van der Waals surface area contributed by atoms with Gasteiger partial charge in [0.25, 0.3) is 5.91 Å². The first-order chi connectivity index (χ1) is 15.9. The van der Waals surface area contributed by atoms with Crippen molar-refractivity contribution < 1.29 is 28.6 Å². The Balaban J connectivity index is 1.75. The van der Waals surface area contributed by atoms with E-state index in [4.69, 9.17) is 25.8 Å². The Kier molecular flexibility index (Phi) is 8.13. The number of carbonyl (C=O) groups excluding carboxylic acids is 3. The van der Waals surface area contributed by atoms with E-state index >= 15 is 0 Å². The molecule has 3 amide bonds. The Bertz CT molecular complexity index is 992. The standard InChI is InChI=1S/C23H26ClN3O6/c1-31-9-8-25(23(30)16-10-19(32-2)12-20(11-16)33-3)13-21(28)26-14-22(29)27(15-26)18-6-4-17(24)5-7-18/h4-7,10-12H,8-9,13-15H2,1-3H3. The average Bonchev–Trinajstić information content (AvgIpc) is 3.22. The van der Waals surface area contributed by atoms with Gasteiger partial charge >= 0.3 is 0 Å². The van der Waals surface area contributed by atoms with Gasteiger partial charge in [0.15, 0.2) is 0 Å². The molecule has 2 aromatic carbocycles. The van der Waals surface area contributed by atoms with E-state index in [1.807, 2.05) is 0 Å². The maximum Gasteiger partial charge on any atom is 0.254 e. The summed E-state index contributed by atoms with van der Waals surface area (Å²) in [7, 11) is 4.50. The number of ether oxygens (including phenoxy) is 3. The molecule has 0 bridgehead atoms. The van der Waals surface area contributed by atoms with Gasteiger partial charge in [0.05, 0.1) is 20.8 Å². The van der Waals surface area contributed by atoms with Crippen LogP contribution in [-0.2, 0) is 14.3 Å². The molecule has 3 rings (SSSR count). The van der Waals surface area contributed by atoms with E-state index in [-0.39, 0.29) is 50.6 Å². The summed E-state index contributed by atoms with van der Waals surface area (Å²) in [5, 5.41) is 0.555. The second-order valence-electron chi connectivity index (χ2n) is 7.35. The van der Waals surface area contributed by atoms with E-state index in [2.05, 4.69) is 0 Å². The molecule has 0 radical (unpaired) electrons. The topological polar surface area (TPSA) is 88.6 Å². The van der Waals surface area contributed by atoms with Gasteiger partial charge in [-0.3, -0.25) is 19.3 Å². The molecular formula is C23H26ClN3O6. The monoisotopic (exact) mass is 475 g/mol. The Morgan fingerprint density at radius 3 is 2.24 bits per heavy atom. The molecule has 1 saturated heterocycles. The lowest BCUT2D eigenvalue weighted by Crippen LogP contribution is -2.44. The third-order valence-electron chi connectivity index (χ3n) is 5.21.